The summed E-state index contributed by atoms with van der Waals surface area (Å²) >= 11 is 0. The Bertz CT molecular complexity index is 1060. The molecule has 3 N–H and O–H groups in total. The van der Waals surface area contributed by atoms with Gasteiger partial charge in [-0.15, -0.1) is 5.73 Å². The highest BCUT2D eigenvalue weighted by Crippen LogP contribution is 2.29. The van der Waals surface area contributed by atoms with E-state index in [1.54, 1.807) is 6.20 Å². The van der Waals surface area contributed by atoms with Crippen LogP contribution in [-0.4, -0.2) is 46.0 Å². The van der Waals surface area contributed by atoms with Gasteiger partial charge in [-0.2, -0.15) is 0 Å². The van der Waals surface area contributed by atoms with E-state index >= 15 is 0 Å². The van der Waals surface area contributed by atoms with Crippen molar-refractivity contribution in [1.82, 2.24) is 25.2 Å². The molecule has 0 spiro atoms. The molecule has 0 amide bonds. The number of piperidine rings is 1. The zero-order valence-electron chi connectivity index (χ0n) is 16.7. The molecule has 3 aromatic rings. The number of aromatic amines is 1. The van der Waals surface area contributed by atoms with E-state index in [0.29, 0.717) is 6.04 Å². The van der Waals surface area contributed by atoms with Crippen LogP contribution in [0.1, 0.15) is 21.4 Å². The molecule has 1 aliphatic rings. The molecule has 0 atom stereocenters. The smallest absolute Gasteiger partial charge is 0.138 e. The molecular weight excluding hydrogens is 360 g/mol. The molecule has 0 unspecified atom stereocenters. The van der Waals surface area contributed by atoms with Gasteiger partial charge in [-0.25, -0.2) is 9.97 Å². The van der Waals surface area contributed by atoms with Gasteiger partial charge in [0.1, 0.15) is 17.2 Å². The number of rotatable bonds is 6. The van der Waals surface area contributed by atoms with Crippen LogP contribution in [0.3, 0.4) is 0 Å². The van der Waals surface area contributed by atoms with Crippen LogP contribution >= 0.6 is 0 Å². The number of nitrogens with one attached hydrogen (secondary N) is 3. The summed E-state index contributed by atoms with van der Waals surface area (Å²) in [5.74, 6) is 0.768. The van der Waals surface area contributed by atoms with Crippen molar-refractivity contribution in [2.24, 2.45) is 0 Å². The molecule has 3 aromatic heterocycles. The van der Waals surface area contributed by atoms with Crippen LogP contribution < -0.4 is 10.6 Å². The molecule has 4 rings (SSSR count). The van der Waals surface area contributed by atoms with Crippen molar-refractivity contribution in [2.75, 3.05) is 25.5 Å². The summed E-state index contributed by atoms with van der Waals surface area (Å²) in [6.45, 7) is 9.72. The Labute approximate surface area is 174 Å². The molecule has 4 heterocycles. The Morgan fingerprint density at radius 3 is 2.83 bits per heavy atom. The zero-order chi connectivity index (χ0) is 20.2. The van der Waals surface area contributed by atoms with Gasteiger partial charge < -0.3 is 20.5 Å². The molecule has 0 radical (unpaired) electrons. The highest BCUT2D eigenvalue weighted by atomic mass is 15.1. The van der Waals surface area contributed by atoms with Gasteiger partial charge in [0.15, 0.2) is 0 Å². The predicted octanol–water partition coefficient (Wildman–Crippen LogP) is 4.48. The van der Waals surface area contributed by atoms with E-state index in [2.05, 4.69) is 57.5 Å². The number of hydrogen-bond donors (Lipinski definition) is 3. The summed E-state index contributed by atoms with van der Waals surface area (Å²) in [6.07, 6.45) is 7.66. The van der Waals surface area contributed by atoms with Crippen LogP contribution in [0, 0.1) is 0 Å². The molecule has 6 nitrogen and oxygen atoms in total. The number of aromatic nitrogens is 3. The van der Waals surface area contributed by atoms with Crippen molar-refractivity contribution >= 4 is 22.5 Å². The predicted molar refractivity (Wildman–Crippen MR) is 124 cm³/mol. The van der Waals surface area contributed by atoms with Crippen molar-refractivity contribution in [3.8, 4) is 11.1 Å². The first-order valence-electron chi connectivity index (χ1n) is 9.85. The van der Waals surface area contributed by atoms with Crippen molar-refractivity contribution in [3.63, 3.8) is 0 Å². The highest BCUT2D eigenvalue weighted by molar-refractivity contribution is 5.94. The van der Waals surface area contributed by atoms with Crippen LogP contribution in [0.4, 0.5) is 5.82 Å². The average Bonchev–Trinajstić information content (AvgIpc) is 3.17. The van der Waals surface area contributed by atoms with Crippen LogP contribution in [-0.2, 0) is 0 Å². The van der Waals surface area contributed by atoms with Crippen LogP contribution in [0.2, 0.25) is 0 Å². The molecule has 29 heavy (non-hydrogen) atoms. The van der Waals surface area contributed by atoms with E-state index in [-0.39, 0.29) is 2.85 Å². The van der Waals surface area contributed by atoms with Gasteiger partial charge >= 0.3 is 0 Å². The van der Waals surface area contributed by atoms with Crippen LogP contribution in [0.15, 0.2) is 61.7 Å². The third-order valence-corrected chi connectivity index (χ3v) is 5.36. The lowest BCUT2D eigenvalue weighted by atomic mass is 10.0. The largest absolute Gasteiger partial charge is 0.374 e. The molecule has 152 valence electrons. The van der Waals surface area contributed by atoms with E-state index in [4.69, 9.17) is 4.98 Å². The normalized spacial score (nSPS) is 15.1. The van der Waals surface area contributed by atoms with Gasteiger partial charge in [-0.1, -0.05) is 13.2 Å². The highest BCUT2D eigenvalue weighted by Gasteiger charge is 2.18. The minimum absolute atomic E-state index is 0. The number of nitrogens with zero attached hydrogens (tertiary/aromatic N) is 3. The second-order valence-electron chi connectivity index (χ2n) is 7.35. The summed E-state index contributed by atoms with van der Waals surface area (Å²) in [6, 6.07) is 8.51. The molecule has 0 saturated carbocycles. The summed E-state index contributed by atoms with van der Waals surface area (Å²) in [7, 11) is 2.16. The van der Waals surface area contributed by atoms with Gasteiger partial charge in [0, 0.05) is 37.8 Å². The maximum atomic E-state index is 4.81. The minimum Gasteiger partial charge on any atom is -0.374 e. The van der Waals surface area contributed by atoms with E-state index in [9.17, 15) is 0 Å². The van der Waals surface area contributed by atoms with Gasteiger partial charge in [0.2, 0.25) is 0 Å². The fourth-order valence-electron chi connectivity index (χ4n) is 3.70. The maximum Gasteiger partial charge on any atom is 0.138 e. The van der Waals surface area contributed by atoms with E-state index in [1.807, 2.05) is 30.6 Å². The second kappa shape index (κ2) is 8.35. The first-order chi connectivity index (χ1) is 14.2. The average molecular weight is 391 g/mol. The Balaban J connectivity index is 0.00000171. The van der Waals surface area contributed by atoms with Crippen molar-refractivity contribution in [3.05, 3.63) is 67.4 Å². The molecular formula is C23H30N6. The van der Waals surface area contributed by atoms with Crippen molar-refractivity contribution in [2.45, 2.75) is 18.9 Å². The SMILES string of the molecule is C=C=C(NC1CCN(C)CC1)c1ccc2c(-c3ccc(NC=C)nc3)c[nH]c2n1.[HH].[HH]. The molecule has 0 aromatic carbocycles. The van der Waals surface area contributed by atoms with E-state index in [1.165, 1.54) is 0 Å². The monoisotopic (exact) mass is 390 g/mol. The lowest BCUT2D eigenvalue weighted by molar-refractivity contribution is 0.245. The Morgan fingerprint density at radius 1 is 1.31 bits per heavy atom. The third-order valence-electron chi connectivity index (χ3n) is 5.36. The van der Waals surface area contributed by atoms with Gasteiger partial charge in [-0.05, 0) is 63.4 Å². The summed E-state index contributed by atoms with van der Waals surface area (Å²) in [4.78, 5) is 14.9. The lowest BCUT2D eigenvalue weighted by Crippen LogP contribution is -2.40. The van der Waals surface area contributed by atoms with E-state index in [0.717, 1.165) is 65.3 Å². The second-order valence-corrected chi connectivity index (χ2v) is 7.35. The molecule has 1 aliphatic heterocycles. The molecule has 0 bridgehead atoms. The number of fused-ring (bicyclic) bond motifs is 1. The number of hydrogen-bond acceptors (Lipinski definition) is 5. The molecule has 1 fully saturated rings. The molecule has 1 saturated heterocycles. The van der Waals surface area contributed by atoms with Gasteiger partial charge in [0.25, 0.3) is 0 Å². The molecule has 6 heteroatoms. The Morgan fingerprint density at radius 2 is 2.14 bits per heavy atom. The lowest BCUT2D eigenvalue weighted by Gasteiger charge is -2.30. The summed E-state index contributed by atoms with van der Waals surface area (Å²) < 4.78 is 0. The first-order valence-corrected chi connectivity index (χ1v) is 9.85. The van der Waals surface area contributed by atoms with E-state index < -0.39 is 0 Å². The first kappa shape index (κ1) is 19.0. The topological polar surface area (TPSA) is 68.9 Å². The van der Waals surface area contributed by atoms with Crippen LogP contribution in [0.5, 0.6) is 0 Å². The van der Waals surface area contributed by atoms with Crippen molar-refractivity contribution in [1.29, 1.82) is 0 Å². The Kier molecular flexibility index (Phi) is 5.47. The van der Waals surface area contributed by atoms with Gasteiger partial charge in [0.05, 0.1) is 5.69 Å². The standard InChI is InChI=1S/C23H26N6.2H2/c1-4-20(27-17-10-12-29(3)13-11-17)21-8-7-18-19(15-26-23(18)28-21)16-6-9-22(24-5-2)25-14-16;;/h5-9,14-15,17,27H,1-2,10-13H2,3H3,(H,24,25)(H,26,28);2*1H. The Hall–Kier alpha value is -3.34. The fraction of sp³-hybridized carbons (Fsp3) is 0.261. The molecule has 0 aliphatic carbocycles. The number of pyridine rings is 2. The number of anilines is 1. The fourth-order valence-corrected chi connectivity index (χ4v) is 3.70. The number of H-pyrrole nitrogens is 1. The third kappa shape index (κ3) is 4.09. The van der Waals surface area contributed by atoms with Crippen LogP contribution in [0.25, 0.3) is 27.9 Å². The van der Waals surface area contributed by atoms with Crippen molar-refractivity contribution < 1.29 is 2.85 Å². The summed E-state index contributed by atoms with van der Waals surface area (Å²) in [5.41, 5.74) is 7.69. The number of likely N-dealkylation sites (tertiary alicyclic amines) is 1. The van der Waals surface area contributed by atoms with Gasteiger partial charge in [-0.3, -0.25) is 0 Å². The maximum absolute atomic E-state index is 4.81. The summed E-state index contributed by atoms with van der Waals surface area (Å²) in [5, 5.41) is 7.62. The minimum atomic E-state index is 0. The zero-order valence-corrected chi connectivity index (χ0v) is 16.7. The quantitative estimate of drug-likeness (QED) is 0.541.